The van der Waals surface area contributed by atoms with Gasteiger partial charge in [-0.25, -0.2) is 4.98 Å². The van der Waals surface area contributed by atoms with Gasteiger partial charge in [0, 0.05) is 42.7 Å². The minimum Gasteiger partial charge on any atom is -0.387 e. The van der Waals surface area contributed by atoms with E-state index in [0.29, 0.717) is 18.7 Å². The molecule has 2 aliphatic rings. The predicted octanol–water partition coefficient (Wildman–Crippen LogP) is 1.93. The number of hydrogen-bond donors (Lipinski definition) is 1. The van der Waals surface area contributed by atoms with E-state index in [1.165, 1.54) is 6.20 Å². The number of hydrogen-bond acceptors (Lipinski definition) is 5. The van der Waals surface area contributed by atoms with Crippen molar-refractivity contribution in [3.63, 3.8) is 0 Å². The number of nitrogens with zero attached hydrogens (tertiary/aromatic N) is 4. The summed E-state index contributed by atoms with van der Waals surface area (Å²) >= 11 is 0. The summed E-state index contributed by atoms with van der Waals surface area (Å²) in [7, 11) is 2.12. The quantitative estimate of drug-likeness (QED) is 0.912. The van der Waals surface area contributed by atoms with Crippen LogP contribution in [0.1, 0.15) is 32.1 Å². The lowest BCUT2D eigenvalue weighted by Gasteiger charge is -2.51. The van der Waals surface area contributed by atoms with Gasteiger partial charge in [0.25, 0.3) is 5.56 Å². The van der Waals surface area contributed by atoms with Crippen molar-refractivity contribution < 1.29 is 5.11 Å². The Balaban J connectivity index is 1.69. The molecule has 0 radical (unpaired) electrons. The normalized spacial score (nSPS) is 25.6. The van der Waals surface area contributed by atoms with Crippen molar-refractivity contribution in [2.45, 2.75) is 44.2 Å². The molecule has 2 aromatic heterocycles. The van der Waals surface area contributed by atoms with Crippen molar-refractivity contribution in [2.24, 2.45) is 5.41 Å². The second kappa shape index (κ2) is 6.59. The van der Waals surface area contributed by atoms with Crippen molar-refractivity contribution in [3.8, 4) is 11.3 Å². The van der Waals surface area contributed by atoms with E-state index in [1.54, 1.807) is 23.2 Å². The molecule has 6 heteroatoms. The molecule has 6 nitrogen and oxygen atoms in total. The lowest BCUT2D eigenvalue weighted by atomic mass is 9.66. The van der Waals surface area contributed by atoms with E-state index in [1.807, 2.05) is 12.1 Å². The molecule has 4 rings (SSSR count). The van der Waals surface area contributed by atoms with Gasteiger partial charge in [-0.1, -0.05) is 12.8 Å². The average Bonchev–Trinajstić information content (AvgIpc) is 3.11. The lowest BCUT2D eigenvalue weighted by molar-refractivity contribution is -0.139. The van der Waals surface area contributed by atoms with E-state index in [2.05, 4.69) is 21.9 Å². The van der Waals surface area contributed by atoms with E-state index in [4.69, 9.17) is 0 Å². The summed E-state index contributed by atoms with van der Waals surface area (Å²) < 4.78 is 1.64. The molecule has 1 N–H and O–H groups in total. The van der Waals surface area contributed by atoms with Crippen LogP contribution in [0.15, 0.2) is 41.7 Å². The van der Waals surface area contributed by atoms with Gasteiger partial charge in [-0.05, 0) is 38.4 Å². The zero-order valence-corrected chi connectivity index (χ0v) is 15.3. The Kier molecular flexibility index (Phi) is 4.40. The second-order valence-corrected chi connectivity index (χ2v) is 7.99. The molecule has 1 saturated heterocycles. The van der Waals surface area contributed by atoms with Gasteiger partial charge in [0.1, 0.15) is 0 Å². The molecular formula is C20H26N4O2. The van der Waals surface area contributed by atoms with Crippen molar-refractivity contribution in [1.29, 1.82) is 0 Å². The fourth-order valence-electron chi connectivity index (χ4n) is 4.82. The molecule has 1 unspecified atom stereocenters. The Morgan fingerprint density at radius 1 is 1.23 bits per heavy atom. The molecule has 1 aliphatic heterocycles. The van der Waals surface area contributed by atoms with Crippen molar-refractivity contribution in [3.05, 3.63) is 47.3 Å². The van der Waals surface area contributed by atoms with Gasteiger partial charge >= 0.3 is 0 Å². The molecule has 0 aromatic carbocycles. The predicted molar refractivity (Wildman–Crippen MR) is 99.7 cm³/mol. The highest BCUT2D eigenvalue weighted by Crippen LogP contribution is 2.51. The van der Waals surface area contributed by atoms with Crippen LogP contribution >= 0.6 is 0 Å². The molecule has 1 atom stereocenters. The highest BCUT2D eigenvalue weighted by molar-refractivity contribution is 5.56. The van der Waals surface area contributed by atoms with E-state index in [-0.39, 0.29) is 11.0 Å². The summed E-state index contributed by atoms with van der Waals surface area (Å²) in [6, 6.07) is 3.78. The van der Waals surface area contributed by atoms with Crippen LogP contribution in [0.2, 0.25) is 0 Å². The summed E-state index contributed by atoms with van der Waals surface area (Å²) in [6.07, 6.45) is 11.6. The summed E-state index contributed by atoms with van der Waals surface area (Å²) in [4.78, 5) is 23.2. The average molecular weight is 354 g/mol. The summed E-state index contributed by atoms with van der Waals surface area (Å²) in [5.41, 5.74) is 0.435. The molecular weight excluding hydrogens is 328 g/mol. The van der Waals surface area contributed by atoms with Crippen LogP contribution in [-0.4, -0.2) is 50.3 Å². The van der Waals surface area contributed by atoms with E-state index in [0.717, 1.165) is 44.3 Å². The number of likely N-dealkylation sites (tertiary alicyclic amines) is 1. The molecule has 1 saturated carbocycles. The fraction of sp³-hybridized carbons (Fsp3) is 0.550. The molecule has 0 bridgehead atoms. The van der Waals surface area contributed by atoms with Crippen molar-refractivity contribution >= 4 is 0 Å². The first-order valence-electron chi connectivity index (χ1n) is 9.39. The van der Waals surface area contributed by atoms with Crippen molar-refractivity contribution in [2.75, 3.05) is 20.1 Å². The van der Waals surface area contributed by atoms with Crippen LogP contribution in [0.3, 0.4) is 0 Å². The van der Waals surface area contributed by atoms with Crippen LogP contribution in [-0.2, 0) is 6.54 Å². The summed E-state index contributed by atoms with van der Waals surface area (Å²) in [6.45, 7) is 2.09. The Morgan fingerprint density at radius 3 is 2.77 bits per heavy atom. The van der Waals surface area contributed by atoms with Gasteiger partial charge in [0.15, 0.2) is 0 Å². The molecule has 3 heterocycles. The maximum atomic E-state index is 12.4. The number of pyridine rings is 1. The minimum absolute atomic E-state index is 0.114. The summed E-state index contributed by atoms with van der Waals surface area (Å²) in [5, 5.41) is 11.7. The van der Waals surface area contributed by atoms with E-state index in [9.17, 15) is 9.90 Å². The Hall–Kier alpha value is -2.05. The third-order valence-corrected chi connectivity index (χ3v) is 6.29. The maximum Gasteiger partial charge on any atom is 0.269 e. The summed E-state index contributed by atoms with van der Waals surface area (Å²) in [5.74, 6) is 0. The first kappa shape index (κ1) is 17.4. The number of aromatic nitrogens is 3. The third-order valence-electron chi connectivity index (χ3n) is 6.29. The largest absolute Gasteiger partial charge is 0.387 e. The zero-order chi connectivity index (χ0) is 18.2. The Labute approximate surface area is 153 Å². The molecule has 2 fully saturated rings. The highest BCUT2D eigenvalue weighted by Gasteiger charge is 2.54. The van der Waals surface area contributed by atoms with Gasteiger partial charge in [-0.2, -0.15) is 0 Å². The number of aliphatic hydroxyl groups is 1. The van der Waals surface area contributed by atoms with Gasteiger partial charge < -0.3 is 14.6 Å². The first-order chi connectivity index (χ1) is 12.5. The third kappa shape index (κ3) is 2.97. The molecule has 1 aliphatic carbocycles. The van der Waals surface area contributed by atoms with E-state index < -0.39 is 5.60 Å². The molecule has 0 amide bonds. The molecule has 2 aromatic rings. The number of rotatable bonds is 3. The first-order valence-corrected chi connectivity index (χ1v) is 9.39. The fourth-order valence-corrected chi connectivity index (χ4v) is 4.82. The zero-order valence-electron chi connectivity index (χ0n) is 15.3. The van der Waals surface area contributed by atoms with Gasteiger partial charge in [0.2, 0.25) is 0 Å². The molecule has 26 heavy (non-hydrogen) atoms. The standard InChI is InChI=1S/C20H26N4O2/c1-23-10-8-20(26,19(14-23)6-2-3-7-19)15-24-13-17(22-12-18(24)25)16-5-4-9-21-11-16/h4-5,9,11-13,26H,2-3,6-8,10,14-15H2,1H3. The minimum atomic E-state index is -0.854. The van der Waals surface area contributed by atoms with E-state index >= 15 is 0 Å². The van der Waals surface area contributed by atoms with Crippen LogP contribution in [0.4, 0.5) is 0 Å². The monoisotopic (exact) mass is 354 g/mol. The second-order valence-electron chi connectivity index (χ2n) is 7.99. The Morgan fingerprint density at radius 2 is 2.04 bits per heavy atom. The van der Waals surface area contributed by atoms with Gasteiger partial charge in [-0.15, -0.1) is 0 Å². The SMILES string of the molecule is CN1CCC(O)(Cn2cc(-c3cccnc3)ncc2=O)C2(CCCC2)C1. The molecule has 1 spiro atoms. The highest BCUT2D eigenvalue weighted by atomic mass is 16.3. The maximum absolute atomic E-state index is 12.4. The smallest absolute Gasteiger partial charge is 0.269 e. The van der Waals surface area contributed by atoms with Crippen LogP contribution < -0.4 is 5.56 Å². The van der Waals surface area contributed by atoms with Crippen LogP contribution in [0, 0.1) is 5.41 Å². The topological polar surface area (TPSA) is 71.2 Å². The van der Waals surface area contributed by atoms with Crippen LogP contribution in [0.5, 0.6) is 0 Å². The number of piperidine rings is 1. The van der Waals surface area contributed by atoms with Crippen LogP contribution in [0.25, 0.3) is 11.3 Å². The van der Waals surface area contributed by atoms with Crippen molar-refractivity contribution in [1.82, 2.24) is 19.4 Å². The Bertz CT molecular complexity index is 829. The van der Waals surface area contributed by atoms with Gasteiger partial charge in [-0.3, -0.25) is 9.78 Å². The van der Waals surface area contributed by atoms with Gasteiger partial charge in [0.05, 0.1) is 24.0 Å². The lowest BCUT2D eigenvalue weighted by Crippen LogP contribution is -2.60. The molecule has 138 valence electrons.